The molecule has 1 unspecified atom stereocenters. The molecule has 0 radical (unpaired) electrons. The summed E-state index contributed by atoms with van der Waals surface area (Å²) in [4.78, 5) is 21.3. The molecule has 0 aromatic carbocycles. The van der Waals surface area contributed by atoms with Crippen LogP contribution in [-0.2, 0) is 11.8 Å². The van der Waals surface area contributed by atoms with Gasteiger partial charge in [-0.05, 0) is 44.0 Å². The fourth-order valence-electron chi connectivity index (χ4n) is 2.60. The SMILES string of the molecule is CC1(c2ccc(Cl)cn2)CCc2nc(Cl)ccc2C1=O. The molecule has 2 aromatic rings. The van der Waals surface area contributed by atoms with E-state index in [0.29, 0.717) is 28.6 Å². The van der Waals surface area contributed by atoms with Crippen molar-refractivity contribution in [2.45, 2.75) is 25.2 Å². The summed E-state index contributed by atoms with van der Waals surface area (Å²) in [5.74, 6) is 0.0396. The van der Waals surface area contributed by atoms with Crippen LogP contribution in [0.2, 0.25) is 10.2 Å². The minimum atomic E-state index is -0.632. The summed E-state index contributed by atoms with van der Waals surface area (Å²) >= 11 is 11.7. The number of ketones is 1. The van der Waals surface area contributed by atoms with Gasteiger partial charge in [-0.3, -0.25) is 9.78 Å². The van der Waals surface area contributed by atoms with Crippen LogP contribution in [0.1, 0.15) is 35.1 Å². The molecule has 3 nitrogen and oxygen atoms in total. The monoisotopic (exact) mass is 306 g/mol. The van der Waals surface area contributed by atoms with Gasteiger partial charge in [0.25, 0.3) is 0 Å². The molecule has 0 fully saturated rings. The van der Waals surface area contributed by atoms with Crippen molar-refractivity contribution in [1.82, 2.24) is 9.97 Å². The van der Waals surface area contributed by atoms with Crippen LogP contribution >= 0.6 is 23.2 Å². The maximum Gasteiger partial charge on any atom is 0.176 e. The highest BCUT2D eigenvalue weighted by Gasteiger charge is 2.41. The maximum absolute atomic E-state index is 12.8. The van der Waals surface area contributed by atoms with Crippen LogP contribution in [0, 0.1) is 0 Å². The number of pyridine rings is 2. The summed E-state index contributed by atoms with van der Waals surface area (Å²) in [6, 6.07) is 6.98. The highest BCUT2D eigenvalue weighted by atomic mass is 35.5. The average molecular weight is 307 g/mol. The van der Waals surface area contributed by atoms with Gasteiger partial charge in [0.05, 0.1) is 21.8 Å². The van der Waals surface area contributed by atoms with Gasteiger partial charge in [0, 0.05) is 11.8 Å². The lowest BCUT2D eigenvalue weighted by Crippen LogP contribution is -2.38. The van der Waals surface area contributed by atoms with E-state index >= 15 is 0 Å². The van der Waals surface area contributed by atoms with E-state index in [2.05, 4.69) is 9.97 Å². The van der Waals surface area contributed by atoms with E-state index in [4.69, 9.17) is 23.2 Å². The zero-order valence-electron chi connectivity index (χ0n) is 10.9. The second-order valence-electron chi connectivity index (χ2n) is 5.15. The average Bonchev–Trinajstić information content (AvgIpc) is 2.44. The quantitative estimate of drug-likeness (QED) is 0.751. The highest BCUT2D eigenvalue weighted by Crippen LogP contribution is 2.37. The molecule has 2 heterocycles. The van der Waals surface area contributed by atoms with Crippen molar-refractivity contribution in [2.75, 3.05) is 0 Å². The Labute approximate surface area is 127 Å². The Hall–Kier alpha value is -1.45. The van der Waals surface area contributed by atoms with Crippen LogP contribution in [0.25, 0.3) is 0 Å². The van der Waals surface area contributed by atoms with Gasteiger partial charge < -0.3 is 0 Å². The summed E-state index contributed by atoms with van der Waals surface area (Å²) in [5.41, 5.74) is 1.52. The number of carbonyl (C=O) groups excluding carboxylic acids is 1. The summed E-state index contributed by atoms with van der Waals surface area (Å²) in [7, 11) is 0. The number of nitrogens with zero attached hydrogens (tertiary/aromatic N) is 2. The van der Waals surface area contributed by atoms with Crippen LogP contribution < -0.4 is 0 Å². The minimum Gasteiger partial charge on any atom is -0.293 e. The zero-order chi connectivity index (χ0) is 14.3. The van der Waals surface area contributed by atoms with Gasteiger partial charge in [-0.1, -0.05) is 23.2 Å². The van der Waals surface area contributed by atoms with Crippen molar-refractivity contribution in [2.24, 2.45) is 0 Å². The molecular weight excluding hydrogens is 295 g/mol. The summed E-state index contributed by atoms with van der Waals surface area (Å²) in [5, 5.41) is 0.985. The number of aryl methyl sites for hydroxylation is 1. The Morgan fingerprint density at radius 2 is 2.00 bits per heavy atom. The lowest BCUT2D eigenvalue weighted by atomic mass is 9.71. The third kappa shape index (κ3) is 2.11. The van der Waals surface area contributed by atoms with Crippen molar-refractivity contribution in [3.63, 3.8) is 0 Å². The van der Waals surface area contributed by atoms with E-state index in [0.717, 1.165) is 11.4 Å². The Balaban J connectivity index is 2.06. The Morgan fingerprint density at radius 1 is 1.20 bits per heavy atom. The maximum atomic E-state index is 12.8. The molecule has 3 rings (SSSR count). The fourth-order valence-corrected chi connectivity index (χ4v) is 2.87. The molecule has 5 heteroatoms. The molecular formula is C15H12Cl2N2O. The van der Waals surface area contributed by atoms with E-state index in [1.54, 1.807) is 24.4 Å². The van der Waals surface area contributed by atoms with Gasteiger partial charge in [-0.15, -0.1) is 0 Å². The van der Waals surface area contributed by atoms with Crippen molar-refractivity contribution in [3.05, 3.63) is 57.6 Å². The van der Waals surface area contributed by atoms with E-state index in [-0.39, 0.29) is 5.78 Å². The molecule has 0 N–H and O–H groups in total. The predicted octanol–water partition coefficient (Wildman–Crippen LogP) is 3.87. The molecule has 1 aliphatic rings. The largest absolute Gasteiger partial charge is 0.293 e. The van der Waals surface area contributed by atoms with Crippen molar-refractivity contribution in [3.8, 4) is 0 Å². The highest BCUT2D eigenvalue weighted by molar-refractivity contribution is 6.30. The second kappa shape index (κ2) is 4.83. The number of rotatable bonds is 1. The minimum absolute atomic E-state index is 0.0396. The molecule has 1 atom stereocenters. The molecule has 0 aliphatic heterocycles. The van der Waals surface area contributed by atoms with Crippen LogP contribution in [0.3, 0.4) is 0 Å². The Bertz CT molecular complexity index is 685. The molecule has 2 aromatic heterocycles. The first-order valence-corrected chi connectivity index (χ1v) is 7.08. The first-order valence-electron chi connectivity index (χ1n) is 6.33. The standard InChI is InChI=1S/C15H12Cl2N2O/c1-15(12-4-2-9(16)8-18-12)7-6-11-10(14(15)20)3-5-13(17)19-11/h2-5,8H,6-7H2,1H3. The molecule has 1 aliphatic carbocycles. The first kappa shape index (κ1) is 13.5. The lowest BCUT2D eigenvalue weighted by molar-refractivity contribution is 0.0870. The van der Waals surface area contributed by atoms with Gasteiger partial charge in [-0.2, -0.15) is 0 Å². The molecule has 0 saturated carbocycles. The fraction of sp³-hybridized carbons (Fsp3) is 0.267. The number of fused-ring (bicyclic) bond motifs is 1. The van der Waals surface area contributed by atoms with Gasteiger partial charge in [0.15, 0.2) is 5.78 Å². The number of Topliss-reactive ketones (excluding diaryl/α,β-unsaturated/α-hetero) is 1. The van der Waals surface area contributed by atoms with Gasteiger partial charge in [0.2, 0.25) is 0 Å². The molecule has 20 heavy (non-hydrogen) atoms. The molecule has 0 saturated heterocycles. The summed E-state index contributed by atoms with van der Waals surface area (Å²) in [6.45, 7) is 1.92. The smallest absolute Gasteiger partial charge is 0.176 e. The summed E-state index contributed by atoms with van der Waals surface area (Å²) < 4.78 is 0. The zero-order valence-corrected chi connectivity index (χ0v) is 12.4. The summed E-state index contributed by atoms with van der Waals surface area (Å²) in [6.07, 6.45) is 2.95. The molecule has 0 amide bonds. The topological polar surface area (TPSA) is 42.9 Å². The number of hydrogen-bond acceptors (Lipinski definition) is 3. The van der Waals surface area contributed by atoms with Gasteiger partial charge in [0.1, 0.15) is 5.15 Å². The van der Waals surface area contributed by atoms with Crippen molar-refractivity contribution in [1.29, 1.82) is 0 Å². The first-order chi connectivity index (χ1) is 9.50. The van der Waals surface area contributed by atoms with E-state index in [1.807, 2.05) is 13.0 Å². The predicted molar refractivity (Wildman–Crippen MR) is 78.5 cm³/mol. The van der Waals surface area contributed by atoms with E-state index in [9.17, 15) is 4.79 Å². The Morgan fingerprint density at radius 3 is 2.70 bits per heavy atom. The number of hydrogen-bond donors (Lipinski definition) is 0. The third-order valence-electron chi connectivity index (χ3n) is 3.84. The second-order valence-corrected chi connectivity index (χ2v) is 5.97. The van der Waals surface area contributed by atoms with Gasteiger partial charge >= 0.3 is 0 Å². The van der Waals surface area contributed by atoms with Crippen LogP contribution in [0.15, 0.2) is 30.5 Å². The van der Waals surface area contributed by atoms with Gasteiger partial charge in [-0.25, -0.2) is 4.98 Å². The van der Waals surface area contributed by atoms with Crippen LogP contribution in [0.5, 0.6) is 0 Å². The molecule has 0 bridgehead atoms. The number of aromatic nitrogens is 2. The van der Waals surface area contributed by atoms with Crippen LogP contribution in [0.4, 0.5) is 0 Å². The Kier molecular flexibility index (Phi) is 3.27. The number of halogens is 2. The van der Waals surface area contributed by atoms with Crippen molar-refractivity contribution >= 4 is 29.0 Å². The number of carbonyl (C=O) groups is 1. The van der Waals surface area contributed by atoms with E-state index < -0.39 is 5.41 Å². The van der Waals surface area contributed by atoms with Crippen LogP contribution in [-0.4, -0.2) is 15.8 Å². The third-order valence-corrected chi connectivity index (χ3v) is 4.27. The van der Waals surface area contributed by atoms with E-state index in [1.165, 1.54) is 0 Å². The molecule has 0 spiro atoms. The lowest BCUT2D eigenvalue weighted by Gasteiger charge is -2.32. The van der Waals surface area contributed by atoms with Crippen molar-refractivity contribution < 1.29 is 4.79 Å². The normalized spacial score (nSPS) is 21.6. The molecule has 102 valence electrons.